The van der Waals surface area contributed by atoms with Gasteiger partial charge in [-0.15, -0.1) is 0 Å². The maximum Gasteiger partial charge on any atom is 0.176 e. The van der Waals surface area contributed by atoms with Crippen molar-refractivity contribution in [3.05, 3.63) is 35.4 Å². The van der Waals surface area contributed by atoms with Gasteiger partial charge in [0.1, 0.15) is 0 Å². The van der Waals surface area contributed by atoms with Crippen molar-refractivity contribution in [2.45, 2.75) is 32.7 Å². The third-order valence-electron chi connectivity index (χ3n) is 4.18. The first-order chi connectivity index (χ1) is 9.60. The molecule has 3 heteroatoms. The van der Waals surface area contributed by atoms with Crippen molar-refractivity contribution in [1.29, 1.82) is 0 Å². The number of carbonyl (C=O) groups is 1. The number of likely N-dealkylation sites (N-methyl/N-ethyl adjacent to an activating group) is 1. The van der Waals surface area contributed by atoms with Crippen LogP contribution in [0.3, 0.4) is 0 Å². The van der Waals surface area contributed by atoms with Crippen LogP contribution >= 0.6 is 0 Å². The van der Waals surface area contributed by atoms with Gasteiger partial charge < -0.3 is 4.90 Å². The summed E-state index contributed by atoms with van der Waals surface area (Å²) in [5.74, 6) is 0.247. The lowest BCUT2D eigenvalue weighted by Gasteiger charge is -2.29. The Hall–Kier alpha value is -1.19. The predicted octanol–water partition coefficient (Wildman–Crippen LogP) is 2.59. The molecule has 20 heavy (non-hydrogen) atoms. The summed E-state index contributed by atoms with van der Waals surface area (Å²) < 4.78 is 0. The largest absolute Gasteiger partial charge is 0.305 e. The molecular formula is C17H26N2O. The number of benzene rings is 1. The third kappa shape index (κ3) is 3.90. The summed E-state index contributed by atoms with van der Waals surface area (Å²) in [4.78, 5) is 17.2. The van der Waals surface area contributed by atoms with Crippen LogP contribution in [0.25, 0.3) is 0 Å². The van der Waals surface area contributed by atoms with Crippen molar-refractivity contribution in [3.63, 3.8) is 0 Å². The van der Waals surface area contributed by atoms with Crippen LogP contribution in [0.15, 0.2) is 24.3 Å². The minimum Gasteiger partial charge on any atom is -0.305 e. The lowest BCUT2D eigenvalue weighted by atomic mass is 10.1. The maximum atomic E-state index is 12.5. The highest BCUT2D eigenvalue weighted by atomic mass is 16.1. The third-order valence-corrected chi connectivity index (χ3v) is 4.18. The summed E-state index contributed by atoms with van der Waals surface area (Å²) in [5.41, 5.74) is 2.00. The van der Waals surface area contributed by atoms with Crippen molar-refractivity contribution in [1.82, 2.24) is 9.80 Å². The van der Waals surface area contributed by atoms with Crippen LogP contribution in [0.2, 0.25) is 0 Å². The SMILES string of the molecule is CCC1CN(C)CCCN1CC(=O)c1cccc(C)c1. The first kappa shape index (κ1) is 15.2. The highest BCUT2D eigenvalue weighted by Gasteiger charge is 2.24. The number of rotatable bonds is 4. The van der Waals surface area contributed by atoms with E-state index >= 15 is 0 Å². The summed E-state index contributed by atoms with van der Waals surface area (Å²) >= 11 is 0. The smallest absolute Gasteiger partial charge is 0.176 e. The quantitative estimate of drug-likeness (QED) is 0.789. The highest BCUT2D eigenvalue weighted by Crippen LogP contribution is 2.14. The number of Topliss-reactive ketones (excluding diaryl/α,β-unsaturated/α-hetero) is 1. The van der Waals surface area contributed by atoms with Crippen LogP contribution in [-0.2, 0) is 0 Å². The Morgan fingerprint density at radius 1 is 1.35 bits per heavy atom. The zero-order chi connectivity index (χ0) is 14.5. The summed E-state index contributed by atoms with van der Waals surface area (Å²) in [5, 5.41) is 0. The molecule has 0 N–H and O–H groups in total. The van der Waals surface area contributed by atoms with Gasteiger partial charge in [0.05, 0.1) is 6.54 Å². The average Bonchev–Trinajstić information content (AvgIpc) is 2.60. The van der Waals surface area contributed by atoms with Gasteiger partial charge in [-0.1, -0.05) is 30.7 Å². The number of ketones is 1. The van der Waals surface area contributed by atoms with E-state index < -0.39 is 0 Å². The van der Waals surface area contributed by atoms with E-state index in [9.17, 15) is 4.79 Å². The fourth-order valence-corrected chi connectivity index (χ4v) is 2.98. The molecule has 110 valence electrons. The molecule has 1 heterocycles. The van der Waals surface area contributed by atoms with Crippen LogP contribution in [0, 0.1) is 6.92 Å². The van der Waals surface area contributed by atoms with Crippen LogP contribution in [-0.4, -0.2) is 54.9 Å². The standard InChI is InChI=1S/C17H26N2O/c1-4-16-12-18(3)9-6-10-19(16)13-17(20)15-8-5-7-14(2)11-15/h5,7-8,11,16H,4,6,9-10,12-13H2,1-3H3. The zero-order valence-corrected chi connectivity index (χ0v) is 12.9. The second-order valence-electron chi connectivity index (χ2n) is 5.94. The molecule has 0 aromatic heterocycles. The van der Waals surface area contributed by atoms with Gasteiger partial charge in [-0.3, -0.25) is 9.69 Å². The zero-order valence-electron chi connectivity index (χ0n) is 12.9. The Morgan fingerprint density at radius 2 is 2.15 bits per heavy atom. The van der Waals surface area contributed by atoms with Crippen LogP contribution in [0.4, 0.5) is 0 Å². The molecule has 1 fully saturated rings. The maximum absolute atomic E-state index is 12.5. The monoisotopic (exact) mass is 274 g/mol. The second-order valence-corrected chi connectivity index (χ2v) is 5.94. The van der Waals surface area contributed by atoms with Gasteiger partial charge in [0.25, 0.3) is 0 Å². The molecule has 1 aromatic rings. The molecule has 1 aliphatic rings. The molecule has 0 saturated carbocycles. The molecule has 1 atom stereocenters. The first-order valence-corrected chi connectivity index (χ1v) is 7.62. The van der Waals surface area contributed by atoms with Gasteiger partial charge in [-0.2, -0.15) is 0 Å². The van der Waals surface area contributed by atoms with Crippen molar-refractivity contribution in [3.8, 4) is 0 Å². The fourth-order valence-electron chi connectivity index (χ4n) is 2.98. The van der Waals surface area contributed by atoms with E-state index in [-0.39, 0.29) is 5.78 Å². The Kier molecular flexibility index (Phi) is 5.32. The molecule has 0 bridgehead atoms. The van der Waals surface area contributed by atoms with Gasteiger partial charge in [0.15, 0.2) is 5.78 Å². The number of nitrogens with zero attached hydrogens (tertiary/aromatic N) is 2. The number of aryl methyl sites for hydroxylation is 1. The van der Waals surface area contributed by atoms with E-state index in [0.717, 1.165) is 43.6 Å². The molecule has 1 saturated heterocycles. The molecular weight excluding hydrogens is 248 g/mol. The first-order valence-electron chi connectivity index (χ1n) is 7.62. The second kappa shape index (κ2) is 7.00. The van der Waals surface area contributed by atoms with Crippen LogP contribution in [0.1, 0.15) is 35.7 Å². The normalized spacial score (nSPS) is 21.6. The molecule has 0 amide bonds. The molecule has 1 aromatic carbocycles. The minimum absolute atomic E-state index is 0.247. The lowest BCUT2D eigenvalue weighted by Crippen LogP contribution is -2.42. The Bertz CT molecular complexity index is 458. The number of carbonyl (C=O) groups excluding carboxylic acids is 1. The van der Waals surface area contributed by atoms with Crippen molar-refractivity contribution in [2.24, 2.45) is 0 Å². The lowest BCUT2D eigenvalue weighted by molar-refractivity contribution is 0.0888. The van der Waals surface area contributed by atoms with Gasteiger partial charge in [-0.25, -0.2) is 0 Å². The fraction of sp³-hybridized carbons (Fsp3) is 0.588. The Balaban J connectivity index is 2.05. The van der Waals surface area contributed by atoms with Crippen LogP contribution in [0.5, 0.6) is 0 Å². The van der Waals surface area contributed by atoms with Gasteiger partial charge in [0, 0.05) is 24.7 Å². The van der Waals surface area contributed by atoms with Crippen molar-refractivity contribution < 1.29 is 4.79 Å². The van der Waals surface area contributed by atoms with Gasteiger partial charge in [0.2, 0.25) is 0 Å². The average molecular weight is 274 g/mol. The molecule has 2 rings (SSSR count). The van der Waals surface area contributed by atoms with E-state index in [1.807, 2.05) is 31.2 Å². The molecule has 1 unspecified atom stereocenters. The van der Waals surface area contributed by atoms with E-state index in [1.54, 1.807) is 0 Å². The molecule has 0 aliphatic carbocycles. The highest BCUT2D eigenvalue weighted by molar-refractivity contribution is 5.97. The predicted molar refractivity (Wildman–Crippen MR) is 83.3 cm³/mol. The summed E-state index contributed by atoms with van der Waals surface area (Å²) in [6, 6.07) is 8.42. The summed E-state index contributed by atoms with van der Waals surface area (Å²) in [6.07, 6.45) is 2.25. The molecule has 0 spiro atoms. The van der Waals surface area contributed by atoms with Crippen molar-refractivity contribution >= 4 is 5.78 Å². The van der Waals surface area contributed by atoms with Gasteiger partial charge in [-0.05, 0) is 39.4 Å². The Labute approximate surface area is 122 Å². The molecule has 3 nitrogen and oxygen atoms in total. The summed E-state index contributed by atoms with van der Waals surface area (Å²) in [6.45, 7) is 8.03. The summed E-state index contributed by atoms with van der Waals surface area (Å²) in [7, 11) is 2.18. The minimum atomic E-state index is 0.247. The van der Waals surface area contributed by atoms with E-state index in [4.69, 9.17) is 0 Å². The molecule has 0 radical (unpaired) electrons. The van der Waals surface area contributed by atoms with Crippen molar-refractivity contribution in [2.75, 3.05) is 33.2 Å². The van der Waals surface area contributed by atoms with Gasteiger partial charge >= 0.3 is 0 Å². The Morgan fingerprint density at radius 3 is 2.85 bits per heavy atom. The van der Waals surface area contributed by atoms with E-state index in [2.05, 4.69) is 23.8 Å². The van der Waals surface area contributed by atoms with E-state index in [0.29, 0.717) is 12.6 Å². The van der Waals surface area contributed by atoms with Crippen LogP contribution < -0.4 is 0 Å². The topological polar surface area (TPSA) is 23.6 Å². The molecule has 1 aliphatic heterocycles. The van der Waals surface area contributed by atoms with E-state index in [1.165, 1.54) is 0 Å². The number of hydrogen-bond acceptors (Lipinski definition) is 3. The number of hydrogen-bond donors (Lipinski definition) is 0.